The summed E-state index contributed by atoms with van der Waals surface area (Å²) in [6, 6.07) is 0.551. The van der Waals surface area contributed by atoms with E-state index in [9.17, 15) is 0 Å². The highest BCUT2D eigenvalue weighted by Gasteiger charge is 2.34. The Hall–Kier alpha value is -0.160. The van der Waals surface area contributed by atoms with E-state index in [1.165, 1.54) is 6.42 Å². The Morgan fingerprint density at radius 1 is 1.33 bits per heavy atom. The van der Waals surface area contributed by atoms with Crippen molar-refractivity contribution in [2.24, 2.45) is 5.92 Å². The molecule has 1 N–H and O–H groups in total. The number of likely N-dealkylation sites (N-methyl/N-ethyl adjacent to an activating group) is 1. The zero-order chi connectivity index (χ0) is 13.0. The third-order valence-corrected chi connectivity index (χ3v) is 4.23. The van der Waals surface area contributed by atoms with Crippen molar-refractivity contribution < 1.29 is 9.47 Å². The van der Waals surface area contributed by atoms with Crippen LogP contribution in [0.2, 0.25) is 0 Å². The van der Waals surface area contributed by atoms with Gasteiger partial charge in [-0.2, -0.15) is 0 Å². The van der Waals surface area contributed by atoms with E-state index in [-0.39, 0.29) is 5.54 Å². The molecule has 2 fully saturated rings. The molecule has 2 aliphatic rings. The van der Waals surface area contributed by atoms with Crippen LogP contribution in [-0.2, 0) is 9.47 Å². The second kappa shape index (κ2) is 6.33. The molecule has 2 atom stereocenters. The van der Waals surface area contributed by atoms with Gasteiger partial charge in [-0.3, -0.25) is 4.90 Å². The van der Waals surface area contributed by atoms with Gasteiger partial charge in [-0.05, 0) is 26.8 Å². The second-order valence-electron chi connectivity index (χ2n) is 6.10. The first kappa shape index (κ1) is 14.3. The number of rotatable bonds is 5. The van der Waals surface area contributed by atoms with Crippen molar-refractivity contribution in [3.63, 3.8) is 0 Å². The van der Waals surface area contributed by atoms with Gasteiger partial charge in [0.25, 0.3) is 0 Å². The van der Waals surface area contributed by atoms with E-state index >= 15 is 0 Å². The molecule has 0 aliphatic carbocycles. The molecule has 0 aromatic heterocycles. The van der Waals surface area contributed by atoms with Crippen LogP contribution in [0.5, 0.6) is 0 Å². The van der Waals surface area contributed by atoms with Crippen molar-refractivity contribution in [1.29, 1.82) is 0 Å². The third-order valence-electron chi connectivity index (χ3n) is 4.23. The van der Waals surface area contributed by atoms with Crippen molar-refractivity contribution in [3.05, 3.63) is 0 Å². The molecule has 2 rings (SSSR count). The molecule has 0 saturated carbocycles. The first-order chi connectivity index (χ1) is 8.63. The molecular formula is C14H28N2O2. The Morgan fingerprint density at radius 3 is 2.78 bits per heavy atom. The molecular weight excluding hydrogens is 228 g/mol. The van der Waals surface area contributed by atoms with E-state index in [2.05, 4.69) is 31.0 Å². The maximum Gasteiger partial charge on any atom is 0.0645 e. The van der Waals surface area contributed by atoms with Gasteiger partial charge in [0.2, 0.25) is 0 Å². The van der Waals surface area contributed by atoms with Crippen molar-refractivity contribution in [2.75, 3.05) is 46.1 Å². The average molecular weight is 256 g/mol. The number of morpholine rings is 1. The van der Waals surface area contributed by atoms with Crippen LogP contribution >= 0.6 is 0 Å². The van der Waals surface area contributed by atoms with Crippen molar-refractivity contribution in [2.45, 2.75) is 38.8 Å². The van der Waals surface area contributed by atoms with Gasteiger partial charge in [0.15, 0.2) is 0 Å². The Balaban J connectivity index is 1.94. The summed E-state index contributed by atoms with van der Waals surface area (Å²) < 4.78 is 11.1. The van der Waals surface area contributed by atoms with E-state index in [1.54, 1.807) is 0 Å². The van der Waals surface area contributed by atoms with Crippen molar-refractivity contribution in [1.82, 2.24) is 10.2 Å². The SMILES string of the molecule is CCNC(CN1CCOCC1(C)C)C1CCOC1. The number of nitrogens with zero attached hydrogens (tertiary/aromatic N) is 1. The highest BCUT2D eigenvalue weighted by molar-refractivity contribution is 4.90. The molecule has 0 radical (unpaired) electrons. The van der Waals surface area contributed by atoms with Crippen LogP contribution in [0.1, 0.15) is 27.2 Å². The summed E-state index contributed by atoms with van der Waals surface area (Å²) in [5, 5.41) is 3.65. The Morgan fingerprint density at radius 2 is 2.17 bits per heavy atom. The van der Waals surface area contributed by atoms with Gasteiger partial charge in [0.05, 0.1) is 19.8 Å². The fourth-order valence-corrected chi connectivity index (χ4v) is 2.98. The molecule has 0 aromatic carbocycles. The smallest absolute Gasteiger partial charge is 0.0645 e. The topological polar surface area (TPSA) is 33.7 Å². The summed E-state index contributed by atoms with van der Waals surface area (Å²) in [6.07, 6.45) is 1.20. The Labute approximate surface area is 111 Å². The van der Waals surface area contributed by atoms with E-state index in [0.29, 0.717) is 12.0 Å². The lowest BCUT2D eigenvalue weighted by Crippen LogP contribution is -2.58. The van der Waals surface area contributed by atoms with Crippen molar-refractivity contribution >= 4 is 0 Å². The monoisotopic (exact) mass is 256 g/mol. The molecule has 0 bridgehead atoms. The fourth-order valence-electron chi connectivity index (χ4n) is 2.98. The van der Waals surface area contributed by atoms with E-state index < -0.39 is 0 Å². The van der Waals surface area contributed by atoms with Gasteiger partial charge >= 0.3 is 0 Å². The summed E-state index contributed by atoms with van der Waals surface area (Å²) in [7, 11) is 0. The normalized spacial score (nSPS) is 30.5. The summed E-state index contributed by atoms with van der Waals surface area (Å²) >= 11 is 0. The Kier molecular flexibility index (Phi) is 5.01. The van der Waals surface area contributed by atoms with Crippen LogP contribution in [0.25, 0.3) is 0 Å². The summed E-state index contributed by atoms with van der Waals surface area (Å²) in [4.78, 5) is 2.57. The quantitative estimate of drug-likeness (QED) is 0.799. The van der Waals surface area contributed by atoms with Crippen LogP contribution in [0.3, 0.4) is 0 Å². The van der Waals surface area contributed by atoms with Crippen LogP contribution < -0.4 is 5.32 Å². The molecule has 2 unspecified atom stereocenters. The minimum Gasteiger partial charge on any atom is -0.381 e. The second-order valence-corrected chi connectivity index (χ2v) is 6.10. The predicted molar refractivity (Wildman–Crippen MR) is 72.9 cm³/mol. The minimum absolute atomic E-state index is 0.158. The molecule has 0 aromatic rings. The fraction of sp³-hybridized carbons (Fsp3) is 1.00. The molecule has 2 saturated heterocycles. The standard InChI is InChI=1S/C14H28N2O2/c1-4-15-13(12-5-7-17-10-12)9-16-6-8-18-11-14(16,2)3/h12-13,15H,4-11H2,1-3H3. The third kappa shape index (κ3) is 3.44. The van der Waals surface area contributed by atoms with Gasteiger partial charge < -0.3 is 14.8 Å². The molecule has 2 heterocycles. The first-order valence-corrected chi connectivity index (χ1v) is 7.27. The average Bonchev–Trinajstić information content (AvgIpc) is 2.84. The van der Waals surface area contributed by atoms with Gasteiger partial charge in [-0.1, -0.05) is 6.92 Å². The molecule has 18 heavy (non-hydrogen) atoms. The number of hydrogen-bond donors (Lipinski definition) is 1. The van der Waals surface area contributed by atoms with E-state index in [1.807, 2.05) is 0 Å². The van der Waals surface area contributed by atoms with E-state index in [4.69, 9.17) is 9.47 Å². The van der Waals surface area contributed by atoms with Crippen LogP contribution in [0.4, 0.5) is 0 Å². The highest BCUT2D eigenvalue weighted by Crippen LogP contribution is 2.23. The van der Waals surface area contributed by atoms with Crippen LogP contribution in [0, 0.1) is 5.92 Å². The molecule has 4 heteroatoms. The van der Waals surface area contributed by atoms with E-state index in [0.717, 1.165) is 46.1 Å². The largest absolute Gasteiger partial charge is 0.381 e. The zero-order valence-electron chi connectivity index (χ0n) is 12.1. The van der Waals surface area contributed by atoms with Gasteiger partial charge in [0, 0.05) is 37.2 Å². The predicted octanol–water partition coefficient (Wildman–Crippen LogP) is 1.11. The maximum absolute atomic E-state index is 5.60. The van der Waals surface area contributed by atoms with Gasteiger partial charge in [-0.15, -0.1) is 0 Å². The van der Waals surface area contributed by atoms with Crippen LogP contribution in [0.15, 0.2) is 0 Å². The summed E-state index contributed by atoms with van der Waals surface area (Å²) in [6.45, 7) is 13.5. The first-order valence-electron chi connectivity index (χ1n) is 7.27. The molecule has 4 nitrogen and oxygen atoms in total. The zero-order valence-corrected chi connectivity index (χ0v) is 12.1. The maximum atomic E-state index is 5.60. The molecule has 0 spiro atoms. The highest BCUT2D eigenvalue weighted by atomic mass is 16.5. The lowest BCUT2D eigenvalue weighted by atomic mass is 9.95. The number of nitrogens with one attached hydrogen (secondary N) is 1. The summed E-state index contributed by atoms with van der Waals surface area (Å²) in [5.41, 5.74) is 0.158. The van der Waals surface area contributed by atoms with Gasteiger partial charge in [-0.25, -0.2) is 0 Å². The lowest BCUT2D eigenvalue weighted by Gasteiger charge is -2.44. The molecule has 0 amide bonds. The number of ether oxygens (including phenoxy) is 2. The summed E-state index contributed by atoms with van der Waals surface area (Å²) in [5.74, 6) is 0.670. The molecule has 2 aliphatic heterocycles. The Bertz CT molecular complexity index is 252. The lowest BCUT2D eigenvalue weighted by molar-refractivity contribution is -0.0569. The van der Waals surface area contributed by atoms with Gasteiger partial charge in [0.1, 0.15) is 0 Å². The number of hydrogen-bond acceptors (Lipinski definition) is 4. The minimum atomic E-state index is 0.158. The van der Waals surface area contributed by atoms with Crippen LogP contribution in [-0.4, -0.2) is 62.5 Å². The molecule has 106 valence electrons. The van der Waals surface area contributed by atoms with Crippen molar-refractivity contribution in [3.8, 4) is 0 Å².